The molecule has 1 N–H and O–H groups in total. The number of aryl methyl sites for hydroxylation is 2. The maximum absolute atomic E-state index is 12.3. The molecule has 5 nitrogen and oxygen atoms in total. The van der Waals surface area contributed by atoms with E-state index >= 15 is 0 Å². The molecule has 1 amide bonds. The molecule has 0 spiro atoms. The number of rotatable bonds is 4. The van der Waals surface area contributed by atoms with Crippen molar-refractivity contribution in [3.63, 3.8) is 0 Å². The van der Waals surface area contributed by atoms with Crippen LogP contribution in [0.1, 0.15) is 43.5 Å². The average molecular weight is 325 g/mol. The molecule has 2 aromatic rings. The van der Waals surface area contributed by atoms with Crippen LogP contribution >= 0.6 is 0 Å². The van der Waals surface area contributed by atoms with Gasteiger partial charge in [-0.3, -0.25) is 4.79 Å². The normalized spacial score (nSPS) is 15.1. The Balaban J connectivity index is 1.68. The van der Waals surface area contributed by atoms with Crippen LogP contribution in [-0.2, 0) is 4.79 Å². The summed E-state index contributed by atoms with van der Waals surface area (Å²) in [7, 11) is 0. The van der Waals surface area contributed by atoms with E-state index in [-0.39, 0.29) is 11.8 Å². The molecule has 0 aliphatic heterocycles. The SMILES string of the molecule is Cc1cc(C)nc(Oc2cccc(NC(=O)C3CCCCC3)c2)n1. The highest BCUT2D eigenvalue weighted by Crippen LogP contribution is 2.26. The third-order valence-electron chi connectivity index (χ3n) is 4.25. The number of nitrogens with zero attached hydrogens (tertiary/aromatic N) is 2. The number of hydrogen-bond acceptors (Lipinski definition) is 4. The maximum atomic E-state index is 12.3. The summed E-state index contributed by atoms with van der Waals surface area (Å²) in [6.07, 6.45) is 5.50. The van der Waals surface area contributed by atoms with Gasteiger partial charge in [0.15, 0.2) is 0 Å². The van der Waals surface area contributed by atoms with E-state index in [4.69, 9.17) is 4.74 Å². The molecule has 1 aliphatic carbocycles. The molecule has 126 valence electrons. The van der Waals surface area contributed by atoms with Crippen LogP contribution in [0.5, 0.6) is 11.8 Å². The first kappa shape index (κ1) is 16.4. The van der Waals surface area contributed by atoms with Gasteiger partial charge in [-0.1, -0.05) is 25.3 Å². The third-order valence-corrected chi connectivity index (χ3v) is 4.25. The van der Waals surface area contributed by atoms with E-state index in [1.807, 2.05) is 44.2 Å². The Morgan fingerprint density at radius 2 is 1.79 bits per heavy atom. The molecule has 0 saturated heterocycles. The Morgan fingerprint density at radius 3 is 2.50 bits per heavy atom. The average Bonchev–Trinajstić information content (AvgIpc) is 2.55. The Bertz CT molecular complexity index is 704. The number of aromatic nitrogens is 2. The molecule has 5 heteroatoms. The van der Waals surface area contributed by atoms with E-state index < -0.39 is 0 Å². The van der Waals surface area contributed by atoms with E-state index in [0.29, 0.717) is 11.8 Å². The fourth-order valence-electron chi connectivity index (χ4n) is 3.09. The van der Waals surface area contributed by atoms with Crippen molar-refractivity contribution in [2.24, 2.45) is 5.92 Å². The number of carbonyl (C=O) groups is 1. The molecule has 1 aromatic carbocycles. The zero-order valence-electron chi connectivity index (χ0n) is 14.2. The Hall–Kier alpha value is -2.43. The van der Waals surface area contributed by atoms with Crippen molar-refractivity contribution < 1.29 is 9.53 Å². The lowest BCUT2D eigenvalue weighted by Gasteiger charge is -2.20. The van der Waals surface area contributed by atoms with Gasteiger partial charge in [-0.05, 0) is 44.9 Å². The highest BCUT2D eigenvalue weighted by molar-refractivity contribution is 5.92. The van der Waals surface area contributed by atoms with Crippen LogP contribution in [-0.4, -0.2) is 15.9 Å². The third kappa shape index (κ3) is 4.31. The summed E-state index contributed by atoms with van der Waals surface area (Å²) in [6.45, 7) is 3.81. The predicted octanol–water partition coefficient (Wildman–Crippen LogP) is 4.40. The molecule has 1 aromatic heterocycles. The van der Waals surface area contributed by atoms with Gasteiger partial charge in [0.1, 0.15) is 5.75 Å². The van der Waals surface area contributed by atoms with Gasteiger partial charge in [0.05, 0.1) is 0 Å². The summed E-state index contributed by atoms with van der Waals surface area (Å²) in [5, 5.41) is 3.00. The first-order valence-corrected chi connectivity index (χ1v) is 8.51. The zero-order chi connectivity index (χ0) is 16.9. The van der Waals surface area contributed by atoms with Crippen molar-refractivity contribution in [2.75, 3.05) is 5.32 Å². The second-order valence-electron chi connectivity index (χ2n) is 6.39. The fraction of sp³-hybridized carbons (Fsp3) is 0.421. The quantitative estimate of drug-likeness (QED) is 0.904. The van der Waals surface area contributed by atoms with Crippen LogP contribution in [0.3, 0.4) is 0 Å². The number of amides is 1. The molecule has 0 atom stereocenters. The van der Waals surface area contributed by atoms with Crippen molar-refractivity contribution >= 4 is 11.6 Å². The van der Waals surface area contributed by atoms with Gasteiger partial charge in [0.2, 0.25) is 5.91 Å². The van der Waals surface area contributed by atoms with Crippen molar-refractivity contribution in [3.8, 4) is 11.8 Å². The lowest BCUT2D eigenvalue weighted by Crippen LogP contribution is -2.24. The molecule has 0 bridgehead atoms. The van der Waals surface area contributed by atoms with Crippen molar-refractivity contribution in [1.29, 1.82) is 0 Å². The van der Waals surface area contributed by atoms with Gasteiger partial charge in [-0.2, -0.15) is 0 Å². The summed E-state index contributed by atoms with van der Waals surface area (Å²) in [6, 6.07) is 9.58. The van der Waals surface area contributed by atoms with E-state index in [1.54, 1.807) is 0 Å². The summed E-state index contributed by atoms with van der Waals surface area (Å²) >= 11 is 0. The van der Waals surface area contributed by atoms with Crippen LogP contribution in [0, 0.1) is 19.8 Å². The number of ether oxygens (including phenoxy) is 1. The summed E-state index contributed by atoms with van der Waals surface area (Å²) < 4.78 is 5.73. The van der Waals surface area contributed by atoms with Crippen molar-refractivity contribution in [2.45, 2.75) is 46.0 Å². The lowest BCUT2D eigenvalue weighted by atomic mass is 9.88. The van der Waals surface area contributed by atoms with Gasteiger partial charge in [0, 0.05) is 29.1 Å². The molecule has 1 fully saturated rings. The summed E-state index contributed by atoms with van der Waals surface area (Å²) in [5.41, 5.74) is 2.46. The number of hydrogen-bond donors (Lipinski definition) is 1. The second-order valence-corrected chi connectivity index (χ2v) is 6.39. The fourth-order valence-corrected chi connectivity index (χ4v) is 3.09. The number of nitrogens with one attached hydrogen (secondary N) is 1. The molecule has 0 unspecified atom stereocenters. The maximum Gasteiger partial charge on any atom is 0.322 e. The lowest BCUT2D eigenvalue weighted by molar-refractivity contribution is -0.120. The Morgan fingerprint density at radius 1 is 1.08 bits per heavy atom. The van der Waals surface area contributed by atoms with Gasteiger partial charge < -0.3 is 10.1 Å². The number of anilines is 1. The zero-order valence-corrected chi connectivity index (χ0v) is 14.2. The minimum Gasteiger partial charge on any atom is -0.424 e. The molecule has 0 radical (unpaired) electrons. The standard InChI is InChI=1S/C19H23N3O2/c1-13-11-14(2)21-19(20-13)24-17-10-6-9-16(12-17)22-18(23)15-7-4-3-5-8-15/h6,9-12,15H,3-5,7-8H2,1-2H3,(H,22,23). The first-order chi connectivity index (χ1) is 11.6. The molecular formula is C19H23N3O2. The van der Waals surface area contributed by atoms with Crippen LogP contribution in [0.4, 0.5) is 5.69 Å². The Kier molecular flexibility index (Phi) is 5.08. The molecule has 3 rings (SSSR count). The first-order valence-electron chi connectivity index (χ1n) is 8.51. The largest absolute Gasteiger partial charge is 0.424 e. The van der Waals surface area contributed by atoms with Gasteiger partial charge in [-0.25, -0.2) is 9.97 Å². The van der Waals surface area contributed by atoms with Gasteiger partial charge in [0.25, 0.3) is 0 Å². The highest BCUT2D eigenvalue weighted by atomic mass is 16.5. The minimum atomic E-state index is 0.106. The van der Waals surface area contributed by atoms with Crippen molar-refractivity contribution in [3.05, 3.63) is 41.7 Å². The summed E-state index contributed by atoms with van der Waals surface area (Å²) in [5.74, 6) is 0.849. The van der Waals surface area contributed by atoms with E-state index in [9.17, 15) is 4.79 Å². The minimum absolute atomic E-state index is 0.106. The van der Waals surface area contributed by atoms with Crippen LogP contribution < -0.4 is 10.1 Å². The monoisotopic (exact) mass is 325 g/mol. The van der Waals surface area contributed by atoms with Gasteiger partial charge >= 0.3 is 6.01 Å². The number of carbonyl (C=O) groups excluding carboxylic acids is 1. The molecule has 1 saturated carbocycles. The van der Waals surface area contributed by atoms with E-state index in [0.717, 1.165) is 42.8 Å². The molecule has 24 heavy (non-hydrogen) atoms. The molecule has 1 aliphatic rings. The van der Waals surface area contributed by atoms with Gasteiger partial charge in [-0.15, -0.1) is 0 Å². The smallest absolute Gasteiger partial charge is 0.322 e. The predicted molar refractivity (Wildman–Crippen MR) is 93.2 cm³/mol. The van der Waals surface area contributed by atoms with E-state index in [2.05, 4.69) is 15.3 Å². The van der Waals surface area contributed by atoms with Crippen LogP contribution in [0.25, 0.3) is 0 Å². The van der Waals surface area contributed by atoms with E-state index in [1.165, 1.54) is 6.42 Å². The second kappa shape index (κ2) is 7.43. The van der Waals surface area contributed by atoms with Crippen LogP contribution in [0.15, 0.2) is 30.3 Å². The highest BCUT2D eigenvalue weighted by Gasteiger charge is 2.21. The molecular weight excluding hydrogens is 302 g/mol. The molecule has 1 heterocycles. The number of benzene rings is 1. The summed E-state index contributed by atoms with van der Waals surface area (Å²) in [4.78, 5) is 20.9. The Labute approximate surface area is 142 Å². The van der Waals surface area contributed by atoms with Crippen LogP contribution in [0.2, 0.25) is 0 Å². The topological polar surface area (TPSA) is 64.1 Å². The van der Waals surface area contributed by atoms with Crippen molar-refractivity contribution in [1.82, 2.24) is 9.97 Å².